The first-order valence-electron chi connectivity index (χ1n) is 8.46. The van der Waals surface area contributed by atoms with Crippen LogP contribution in [0.5, 0.6) is 0 Å². The summed E-state index contributed by atoms with van der Waals surface area (Å²) in [6.45, 7) is 7.67. The number of aryl methyl sites for hydroxylation is 1. The molecule has 0 radical (unpaired) electrons. The summed E-state index contributed by atoms with van der Waals surface area (Å²) in [7, 11) is 0. The third kappa shape index (κ3) is 3.91. The van der Waals surface area contributed by atoms with Gasteiger partial charge in [-0.2, -0.15) is 5.10 Å². The minimum absolute atomic E-state index is 0.233. The lowest BCUT2D eigenvalue weighted by molar-refractivity contribution is 0.0690. The van der Waals surface area contributed by atoms with Crippen molar-refractivity contribution in [3.8, 4) is 5.69 Å². The highest BCUT2D eigenvalue weighted by atomic mass is 32.1. The van der Waals surface area contributed by atoms with Crippen molar-refractivity contribution in [2.45, 2.75) is 20.5 Å². The first-order valence-corrected chi connectivity index (χ1v) is 8.87. The fourth-order valence-corrected chi connectivity index (χ4v) is 3.29. The second-order valence-corrected chi connectivity index (χ2v) is 6.31. The number of ether oxygens (including phenoxy) is 1. The fraction of sp³-hybridized carbons (Fsp3) is 0.471. The average Bonchev–Trinajstić information content (AvgIpc) is 2.90. The molecule has 134 valence electrons. The maximum Gasteiger partial charge on any atom is 0.409 e. The molecule has 0 spiro atoms. The van der Waals surface area contributed by atoms with E-state index in [-0.39, 0.29) is 6.09 Å². The molecule has 2 aromatic rings. The van der Waals surface area contributed by atoms with Gasteiger partial charge in [-0.25, -0.2) is 9.48 Å². The Morgan fingerprint density at radius 3 is 2.52 bits per heavy atom. The van der Waals surface area contributed by atoms with Gasteiger partial charge >= 0.3 is 6.09 Å². The summed E-state index contributed by atoms with van der Waals surface area (Å²) in [6, 6.07) is 10.0. The molecule has 0 N–H and O–H groups in total. The molecule has 0 saturated carbocycles. The van der Waals surface area contributed by atoms with E-state index in [4.69, 9.17) is 17.0 Å². The first-order chi connectivity index (χ1) is 12.1. The van der Waals surface area contributed by atoms with Crippen molar-refractivity contribution in [2.24, 2.45) is 0 Å². The van der Waals surface area contributed by atoms with Crippen molar-refractivity contribution >= 4 is 18.3 Å². The summed E-state index contributed by atoms with van der Waals surface area (Å²) >= 11 is 5.61. The van der Waals surface area contributed by atoms with Crippen LogP contribution >= 0.6 is 12.2 Å². The van der Waals surface area contributed by atoms with Crippen molar-refractivity contribution in [3.05, 3.63) is 40.9 Å². The number of benzene rings is 1. The lowest BCUT2D eigenvalue weighted by Gasteiger charge is -2.33. The number of hydrogen-bond donors (Lipinski definition) is 0. The highest BCUT2D eigenvalue weighted by Crippen LogP contribution is 2.13. The molecule has 1 aromatic carbocycles. The monoisotopic (exact) mass is 361 g/mol. The molecule has 0 unspecified atom stereocenters. The van der Waals surface area contributed by atoms with E-state index in [0.29, 0.717) is 31.1 Å². The third-order valence-electron chi connectivity index (χ3n) is 4.25. The molecular weight excluding hydrogens is 338 g/mol. The molecule has 1 amide bonds. The predicted octanol–water partition coefficient (Wildman–Crippen LogP) is 2.44. The van der Waals surface area contributed by atoms with Crippen LogP contribution < -0.4 is 0 Å². The van der Waals surface area contributed by atoms with Crippen LogP contribution in [0, 0.1) is 11.7 Å². The minimum Gasteiger partial charge on any atom is -0.450 e. The molecule has 0 atom stereocenters. The summed E-state index contributed by atoms with van der Waals surface area (Å²) in [5, 5.41) is 4.59. The van der Waals surface area contributed by atoms with Crippen molar-refractivity contribution in [3.63, 3.8) is 0 Å². The number of nitrogens with zero attached hydrogens (tertiary/aromatic N) is 5. The lowest BCUT2D eigenvalue weighted by atomic mass is 10.3. The average molecular weight is 361 g/mol. The second-order valence-electron chi connectivity index (χ2n) is 5.95. The van der Waals surface area contributed by atoms with Gasteiger partial charge < -0.3 is 9.64 Å². The fourth-order valence-electron chi connectivity index (χ4n) is 2.96. The number of rotatable bonds is 4. The molecule has 3 rings (SSSR count). The molecule has 25 heavy (non-hydrogen) atoms. The number of aromatic nitrogens is 3. The molecule has 1 aliphatic rings. The minimum atomic E-state index is -0.233. The van der Waals surface area contributed by atoms with E-state index in [2.05, 4.69) is 10.00 Å². The molecule has 7 nitrogen and oxygen atoms in total. The highest BCUT2D eigenvalue weighted by molar-refractivity contribution is 7.71. The summed E-state index contributed by atoms with van der Waals surface area (Å²) < 4.78 is 9.55. The Hall–Kier alpha value is -2.19. The lowest BCUT2D eigenvalue weighted by Crippen LogP contribution is -2.49. The Bertz CT molecular complexity index is 778. The SMILES string of the molecule is CCOC(=O)N1CCN(Cn2nc(C)n(-c3ccccc3)c2=S)CC1. The largest absolute Gasteiger partial charge is 0.450 e. The number of piperazine rings is 1. The van der Waals surface area contributed by atoms with Crippen molar-refractivity contribution < 1.29 is 9.53 Å². The molecule has 0 aliphatic carbocycles. The van der Waals surface area contributed by atoms with E-state index >= 15 is 0 Å². The van der Waals surface area contributed by atoms with Crippen molar-refractivity contribution in [2.75, 3.05) is 32.8 Å². The van der Waals surface area contributed by atoms with E-state index < -0.39 is 0 Å². The van der Waals surface area contributed by atoms with Crippen LogP contribution in [0.4, 0.5) is 4.79 Å². The van der Waals surface area contributed by atoms with Crippen LogP contribution in [0.1, 0.15) is 12.7 Å². The van der Waals surface area contributed by atoms with Crippen LogP contribution in [0.25, 0.3) is 5.69 Å². The second kappa shape index (κ2) is 7.79. The Labute approximate surface area is 152 Å². The molecule has 1 saturated heterocycles. The molecular formula is C17H23N5O2S. The van der Waals surface area contributed by atoms with Gasteiger partial charge in [-0.3, -0.25) is 9.47 Å². The summed E-state index contributed by atoms with van der Waals surface area (Å²) in [5.74, 6) is 0.862. The Morgan fingerprint density at radius 2 is 1.88 bits per heavy atom. The van der Waals surface area contributed by atoms with Crippen LogP contribution in [-0.2, 0) is 11.4 Å². The van der Waals surface area contributed by atoms with Gasteiger partial charge in [0.1, 0.15) is 5.82 Å². The third-order valence-corrected chi connectivity index (χ3v) is 4.64. The highest BCUT2D eigenvalue weighted by Gasteiger charge is 2.22. The number of amides is 1. The van der Waals surface area contributed by atoms with Crippen molar-refractivity contribution in [1.29, 1.82) is 0 Å². The van der Waals surface area contributed by atoms with E-state index in [0.717, 1.165) is 24.6 Å². The number of carbonyl (C=O) groups is 1. The zero-order valence-electron chi connectivity index (χ0n) is 14.6. The van der Waals surface area contributed by atoms with Crippen LogP contribution in [-0.4, -0.2) is 63.0 Å². The van der Waals surface area contributed by atoms with E-state index in [1.165, 1.54) is 0 Å². The van der Waals surface area contributed by atoms with E-state index in [9.17, 15) is 4.79 Å². The summed E-state index contributed by atoms with van der Waals surface area (Å²) in [5.41, 5.74) is 1.02. The molecule has 1 aromatic heterocycles. The van der Waals surface area contributed by atoms with Gasteiger partial charge in [0.25, 0.3) is 0 Å². The molecule has 0 bridgehead atoms. The zero-order valence-corrected chi connectivity index (χ0v) is 15.4. The van der Waals surface area contributed by atoms with Crippen LogP contribution in [0.15, 0.2) is 30.3 Å². The van der Waals surface area contributed by atoms with Gasteiger partial charge in [0.2, 0.25) is 4.77 Å². The number of hydrogen-bond acceptors (Lipinski definition) is 5. The van der Waals surface area contributed by atoms with E-state index in [1.54, 1.807) is 4.90 Å². The normalized spacial score (nSPS) is 15.4. The van der Waals surface area contributed by atoms with Gasteiger partial charge in [0.15, 0.2) is 0 Å². The van der Waals surface area contributed by atoms with Gasteiger partial charge in [-0.1, -0.05) is 18.2 Å². The quantitative estimate of drug-likeness (QED) is 0.783. The Balaban J connectivity index is 1.67. The predicted molar refractivity (Wildman–Crippen MR) is 97.3 cm³/mol. The smallest absolute Gasteiger partial charge is 0.409 e. The first kappa shape index (κ1) is 17.6. The number of para-hydroxylation sites is 1. The maximum absolute atomic E-state index is 11.8. The van der Waals surface area contributed by atoms with Gasteiger partial charge in [-0.05, 0) is 38.2 Å². The summed E-state index contributed by atoms with van der Waals surface area (Å²) in [4.78, 5) is 15.8. The zero-order chi connectivity index (χ0) is 17.8. The maximum atomic E-state index is 11.8. The van der Waals surface area contributed by atoms with Gasteiger partial charge in [0, 0.05) is 31.9 Å². The van der Waals surface area contributed by atoms with Gasteiger partial charge in [0.05, 0.1) is 13.3 Å². The van der Waals surface area contributed by atoms with Crippen LogP contribution in [0.3, 0.4) is 0 Å². The van der Waals surface area contributed by atoms with Gasteiger partial charge in [-0.15, -0.1) is 0 Å². The number of carbonyl (C=O) groups excluding carboxylic acids is 1. The molecule has 1 aliphatic heterocycles. The van der Waals surface area contributed by atoms with E-state index in [1.807, 2.05) is 53.4 Å². The van der Waals surface area contributed by atoms with Crippen LogP contribution in [0.2, 0.25) is 0 Å². The summed E-state index contributed by atoms with van der Waals surface area (Å²) in [6.07, 6.45) is -0.233. The Kier molecular flexibility index (Phi) is 5.50. The molecule has 2 heterocycles. The molecule has 8 heteroatoms. The molecule has 1 fully saturated rings. The Morgan fingerprint density at radius 1 is 1.20 bits per heavy atom. The standard InChI is InChI=1S/C17H23N5O2S/c1-3-24-17(23)20-11-9-19(10-12-20)13-21-16(25)22(14(2)18-21)15-7-5-4-6-8-15/h4-8H,3,9-13H2,1-2H3. The van der Waals surface area contributed by atoms with Crippen molar-refractivity contribution in [1.82, 2.24) is 24.1 Å². The topological polar surface area (TPSA) is 55.5 Å².